The fourth-order valence-electron chi connectivity index (χ4n) is 2.48. The molecule has 2 heterocycles. The van der Waals surface area contributed by atoms with E-state index in [2.05, 4.69) is 19.9 Å². The summed E-state index contributed by atoms with van der Waals surface area (Å²) in [6, 6.07) is 14.4. The lowest BCUT2D eigenvalue weighted by Crippen LogP contribution is -2.03. The molecule has 0 atom stereocenters. The number of fused-ring (bicyclic) bond motifs is 1. The van der Waals surface area contributed by atoms with Gasteiger partial charge >= 0.3 is 0 Å². The summed E-state index contributed by atoms with van der Waals surface area (Å²) in [6.07, 6.45) is 3.11. The summed E-state index contributed by atoms with van der Waals surface area (Å²) in [5, 5.41) is 0. The number of H-pyrrole nitrogens is 1. The molecule has 0 spiro atoms. The molecule has 122 valence electrons. The first-order valence-corrected chi connectivity index (χ1v) is 7.75. The zero-order valence-corrected chi connectivity index (χ0v) is 13.4. The van der Waals surface area contributed by atoms with E-state index in [0.717, 1.165) is 16.6 Å². The summed E-state index contributed by atoms with van der Waals surface area (Å²) in [7, 11) is 0. The monoisotopic (exact) mass is 330 g/mol. The van der Waals surface area contributed by atoms with Crippen LogP contribution in [0.1, 0.15) is 21.7 Å². The van der Waals surface area contributed by atoms with Crippen molar-refractivity contribution >= 4 is 16.8 Å². The standard InChI is InChI=1S/C19H14N4O2/c1-12-10-20-11-21-19(12)25-14-8-6-13(7-9-14)17(24)18-22-15-4-2-3-5-16(15)23-18/h2-11H,1H3,(H,22,23). The van der Waals surface area contributed by atoms with Gasteiger partial charge in [-0.1, -0.05) is 12.1 Å². The third-order valence-electron chi connectivity index (χ3n) is 3.78. The minimum atomic E-state index is -0.166. The van der Waals surface area contributed by atoms with Gasteiger partial charge in [-0.3, -0.25) is 4.79 Å². The van der Waals surface area contributed by atoms with Crippen LogP contribution in [-0.2, 0) is 0 Å². The number of aryl methyl sites for hydroxylation is 1. The van der Waals surface area contributed by atoms with Crippen LogP contribution < -0.4 is 4.74 Å². The Kier molecular flexibility index (Phi) is 3.70. The molecule has 0 saturated carbocycles. The summed E-state index contributed by atoms with van der Waals surface area (Å²) in [5.41, 5.74) is 2.98. The van der Waals surface area contributed by atoms with E-state index in [4.69, 9.17) is 4.74 Å². The molecular formula is C19H14N4O2. The number of imidazole rings is 1. The molecule has 2 aromatic carbocycles. The van der Waals surface area contributed by atoms with Crippen molar-refractivity contribution in [3.8, 4) is 11.6 Å². The SMILES string of the molecule is Cc1cncnc1Oc1ccc(C(=O)c2nc3ccccc3[nH]2)cc1. The van der Waals surface area contributed by atoms with Crippen LogP contribution >= 0.6 is 0 Å². The molecule has 0 bridgehead atoms. The third kappa shape index (κ3) is 2.97. The largest absolute Gasteiger partial charge is 0.439 e. The highest BCUT2D eigenvalue weighted by Crippen LogP contribution is 2.23. The van der Waals surface area contributed by atoms with Gasteiger partial charge in [0.2, 0.25) is 11.7 Å². The number of carbonyl (C=O) groups excluding carboxylic acids is 1. The van der Waals surface area contributed by atoms with Crippen LogP contribution in [0.15, 0.2) is 61.1 Å². The fraction of sp³-hybridized carbons (Fsp3) is 0.0526. The van der Waals surface area contributed by atoms with E-state index in [-0.39, 0.29) is 5.78 Å². The zero-order chi connectivity index (χ0) is 17.2. The molecule has 0 saturated heterocycles. The van der Waals surface area contributed by atoms with Gasteiger partial charge in [0.1, 0.15) is 12.1 Å². The smallest absolute Gasteiger partial charge is 0.228 e. The lowest BCUT2D eigenvalue weighted by atomic mass is 10.1. The number of ketones is 1. The van der Waals surface area contributed by atoms with Gasteiger partial charge in [-0.05, 0) is 43.3 Å². The Morgan fingerprint density at radius 1 is 1.08 bits per heavy atom. The van der Waals surface area contributed by atoms with Crippen molar-refractivity contribution in [2.45, 2.75) is 6.92 Å². The van der Waals surface area contributed by atoms with Crippen molar-refractivity contribution in [3.05, 3.63) is 78.0 Å². The Morgan fingerprint density at radius 3 is 2.64 bits per heavy atom. The van der Waals surface area contributed by atoms with Gasteiger partial charge in [0.15, 0.2) is 5.82 Å². The average Bonchev–Trinajstić information content (AvgIpc) is 3.08. The number of para-hydroxylation sites is 2. The van der Waals surface area contributed by atoms with E-state index in [1.807, 2.05) is 31.2 Å². The van der Waals surface area contributed by atoms with Gasteiger partial charge in [0.25, 0.3) is 0 Å². The Bertz CT molecular complexity index is 1020. The molecule has 0 unspecified atom stereocenters. The quantitative estimate of drug-likeness (QED) is 0.577. The molecular weight excluding hydrogens is 316 g/mol. The summed E-state index contributed by atoms with van der Waals surface area (Å²) in [6.45, 7) is 1.87. The highest BCUT2D eigenvalue weighted by molar-refractivity contribution is 6.08. The van der Waals surface area contributed by atoms with Gasteiger partial charge in [-0.25, -0.2) is 15.0 Å². The summed E-state index contributed by atoms with van der Waals surface area (Å²) in [5.74, 6) is 1.25. The number of carbonyl (C=O) groups is 1. The topological polar surface area (TPSA) is 80.8 Å². The Morgan fingerprint density at radius 2 is 1.88 bits per heavy atom. The molecule has 4 rings (SSSR count). The molecule has 6 heteroatoms. The summed E-state index contributed by atoms with van der Waals surface area (Å²) in [4.78, 5) is 28.0. The number of nitrogens with zero attached hydrogens (tertiary/aromatic N) is 3. The highest BCUT2D eigenvalue weighted by Gasteiger charge is 2.14. The van der Waals surface area contributed by atoms with Crippen molar-refractivity contribution in [1.29, 1.82) is 0 Å². The van der Waals surface area contributed by atoms with Crippen LogP contribution in [0, 0.1) is 6.92 Å². The van der Waals surface area contributed by atoms with E-state index in [0.29, 0.717) is 23.0 Å². The Hall–Kier alpha value is -3.54. The van der Waals surface area contributed by atoms with Crippen LogP contribution in [0.4, 0.5) is 0 Å². The second-order valence-corrected chi connectivity index (χ2v) is 5.57. The average molecular weight is 330 g/mol. The van der Waals surface area contributed by atoms with Crippen LogP contribution in [0.25, 0.3) is 11.0 Å². The second kappa shape index (κ2) is 6.16. The van der Waals surface area contributed by atoms with Crippen LogP contribution in [0.3, 0.4) is 0 Å². The first kappa shape index (κ1) is 15.0. The number of hydrogen-bond acceptors (Lipinski definition) is 5. The number of nitrogens with one attached hydrogen (secondary N) is 1. The van der Waals surface area contributed by atoms with Crippen molar-refractivity contribution < 1.29 is 9.53 Å². The Balaban J connectivity index is 1.57. The molecule has 4 aromatic rings. The zero-order valence-electron chi connectivity index (χ0n) is 13.4. The highest BCUT2D eigenvalue weighted by atomic mass is 16.5. The van der Waals surface area contributed by atoms with Crippen molar-refractivity contribution in [2.75, 3.05) is 0 Å². The maximum Gasteiger partial charge on any atom is 0.228 e. The van der Waals surface area contributed by atoms with E-state index in [1.165, 1.54) is 6.33 Å². The minimum Gasteiger partial charge on any atom is -0.439 e. The van der Waals surface area contributed by atoms with E-state index >= 15 is 0 Å². The van der Waals surface area contributed by atoms with Crippen molar-refractivity contribution in [1.82, 2.24) is 19.9 Å². The van der Waals surface area contributed by atoms with Gasteiger partial charge in [0.05, 0.1) is 11.0 Å². The molecule has 0 amide bonds. The fourth-order valence-corrected chi connectivity index (χ4v) is 2.48. The molecule has 6 nitrogen and oxygen atoms in total. The number of rotatable bonds is 4. The minimum absolute atomic E-state index is 0.166. The number of ether oxygens (including phenoxy) is 1. The van der Waals surface area contributed by atoms with Crippen LogP contribution in [0.2, 0.25) is 0 Å². The Labute approximate surface area is 143 Å². The van der Waals surface area contributed by atoms with E-state index in [1.54, 1.807) is 30.5 Å². The molecule has 0 radical (unpaired) electrons. The van der Waals surface area contributed by atoms with E-state index in [9.17, 15) is 4.79 Å². The molecule has 0 aliphatic rings. The predicted molar refractivity (Wildman–Crippen MR) is 92.8 cm³/mol. The second-order valence-electron chi connectivity index (χ2n) is 5.57. The molecule has 0 fully saturated rings. The molecule has 2 aromatic heterocycles. The predicted octanol–water partition coefficient (Wildman–Crippen LogP) is 3.68. The normalized spacial score (nSPS) is 10.8. The third-order valence-corrected chi connectivity index (χ3v) is 3.78. The number of aromatic amines is 1. The lowest BCUT2D eigenvalue weighted by Gasteiger charge is -2.07. The van der Waals surface area contributed by atoms with Gasteiger partial charge in [0, 0.05) is 17.3 Å². The van der Waals surface area contributed by atoms with Gasteiger partial charge < -0.3 is 9.72 Å². The number of benzene rings is 2. The first-order valence-electron chi connectivity index (χ1n) is 7.75. The molecule has 25 heavy (non-hydrogen) atoms. The first-order chi connectivity index (χ1) is 12.2. The van der Waals surface area contributed by atoms with E-state index < -0.39 is 0 Å². The molecule has 0 aliphatic carbocycles. The maximum atomic E-state index is 12.6. The lowest BCUT2D eigenvalue weighted by molar-refractivity contribution is 0.103. The summed E-state index contributed by atoms with van der Waals surface area (Å²) < 4.78 is 5.71. The van der Waals surface area contributed by atoms with Crippen molar-refractivity contribution in [3.63, 3.8) is 0 Å². The van der Waals surface area contributed by atoms with Gasteiger partial charge in [-0.15, -0.1) is 0 Å². The summed E-state index contributed by atoms with van der Waals surface area (Å²) >= 11 is 0. The molecule has 1 N–H and O–H groups in total. The van der Waals surface area contributed by atoms with Crippen LogP contribution in [0.5, 0.6) is 11.6 Å². The number of aromatic nitrogens is 4. The number of hydrogen-bond donors (Lipinski definition) is 1. The molecule has 0 aliphatic heterocycles. The maximum absolute atomic E-state index is 12.6. The van der Waals surface area contributed by atoms with Crippen LogP contribution in [-0.4, -0.2) is 25.7 Å². The van der Waals surface area contributed by atoms with Crippen molar-refractivity contribution in [2.24, 2.45) is 0 Å². The van der Waals surface area contributed by atoms with Gasteiger partial charge in [-0.2, -0.15) is 0 Å².